The van der Waals surface area contributed by atoms with Crippen LogP contribution in [-0.2, 0) is 0 Å². The van der Waals surface area contributed by atoms with Gasteiger partial charge in [0.25, 0.3) is 0 Å². The van der Waals surface area contributed by atoms with E-state index < -0.39 is 11.7 Å². The van der Waals surface area contributed by atoms with Gasteiger partial charge in [0, 0.05) is 12.8 Å². The molecule has 0 N–H and O–H groups in total. The van der Waals surface area contributed by atoms with Crippen LogP contribution in [0.2, 0.25) is 0 Å². The van der Waals surface area contributed by atoms with Crippen LogP contribution >= 0.6 is 0 Å². The molecule has 0 spiro atoms. The van der Waals surface area contributed by atoms with Crippen LogP contribution < -0.4 is 0 Å². The Labute approximate surface area is 127 Å². The van der Waals surface area contributed by atoms with Crippen molar-refractivity contribution in [1.29, 1.82) is 0 Å². The van der Waals surface area contributed by atoms with Gasteiger partial charge in [0.15, 0.2) is 0 Å². The van der Waals surface area contributed by atoms with Crippen molar-refractivity contribution in [2.75, 3.05) is 0 Å². The Morgan fingerprint density at radius 2 is 1.43 bits per heavy atom. The van der Waals surface area contributed by atoms with Crippen LogP contribution in [0.1, 0.15) is 64.7 Å². The first-order chi connectivity index (χ1) is 10.1. The molecule has 0 aliphatic heterocycles. The summed E-state index contributed by atoms with van der Waals surface area (Å²) in [5, 5.41) is 0. The van der Waals surface area contributed by atoms with Crippen LogP contribution in [0.5, 0.6) is 0 Å². The van der Waals surface area contributed by atoms with Crippen molar-refractivity contribution in [1.82, 2.24) is 0 Å². The quantitative estimate of drug-likeness (QED) is 0.560. The summed E-state index contributed by atoms with van der Waals surface area (Å²) < 4.78 is 26.5. The average molecular weight is 293 g/mol. The normalized spacial score (nSPS) is 38.3. The van der Waals surface area contributed by atoms with E-state index in [2.05, 4.69) is 6.92 Å². The molecule has 3 aliphatic rings. The molecule has 3 rings (SSSR count). The van der Waals surface area contributed by atoms with Gasteiger partial charge in [-0.05, 0) is 62.2 Å². The molecule has 21 heavy (non-hydrogen) atoms. The molecule has 0 atom stereocenters. The monoisotopic (exact) mass is 293 g/mol. The van der Waals surface area contributed by atoms with Crippen molar-refractivity contribution in [2.24, 2.45) is 23.7 Å². The minimum atomic E-state index is -0.677. The van der Waals surface area contributed by atoms with Crippen LogP contribution in [-0.4, -0.2) is 0 Å². The first kappa shape index (κ1) is 15.2. The van der Waals surface area contributed by atoms with E-state index in [0.29, 0.717) is 5.92 Å². The Bertz CT molecular complexity index is 419. The number of hydrogen-bond donors (Lipinski definition) is 0. The SMILES string of the molecule is CC1CCC(C2CCC(C3=C[CH]C(F)=C(F)C3)CC2)CC1. The van der Waals surface area contributed by atoms with E-state index >= 15 is 0 Å². The van der Waals surface area contributed by atoms with E-state index in [1.54, 1.807) is 0 Å². The molecule has 1 radical (unpaired) electrons. The highest BCUT2D eigenvalue weighted by Gasteiger charge is 2.31. The molecule has 0 unspecified atom stereocenters. The zero-order valence-corrected chi connectivity index (χ0v) is 13.1. The van der Waals surface area contributed by atoms with Crippen LogP contribution in [0.25, 0.3) is 0 Å². The minimum absolute atomic E-state index is 0.207. The van der Waals surface area contributed by atoms with E-state index in [9.17, 15) is 8.78 Å². The Morgan fingerprint density at radius 3 is 2.00 bits per heavy atom. The Balaban J connectivity index is 1.49. The van der Waals surface area contributed by atoms with Gasteiger partial charge in [-0.2, -0.15) is 0 Å². The highest BCUT2D eigenvalue weighted by molar-refractivity contribution is 5.32. The maximum absolute atomic E-state index is 13.4. The molecule has 0 bridgehead atoms. The average Bonchev–Trinajstić information content (AvgIpc) is 2.51. The van der Waals surface area contributed by atoms with Crippen LogP contribution in [0.3, 0.4) is 0 Å². The van der Waals surface area contributed by atoms with Gasteiger partial charge in [0.2, 0.25) is 0 Å². The van der Waals surface area contributed by atoms with E-state index in [4.69, 9.17) is 0 Å². The smallest absolute Gasteiger partial charge is 0.139 e. The Morgan fingerprint density at radius 1 is 0.857 bits per heavy atom. The zero-order valence-electron chi connectivity index (χ0n) is 13.1. The standard InChI is InChI=1S/C19H27F2/c1-13-2-4-14(5-3-13)15-6-8-16(9-7-15)17-10-11-18(20)19(21)12-17/h10-11,13-16H,2-9,12H2,1H3. The van der Waals surface area contributed by atoms with Crippen molar-refractivity contribution >= 4 is 0 Å². The van der Waals surface area contributed by atoms with Gasteiger partial charge in [0.05, 0.1) is 0 Å². The number of allylic oxidation sites excluding steroid dienone is 4. The fourth-order valence-corrected chi connectivity index (χ4v) is 4.59. The van der Waals surface area contributed by atoms with Gasteiger partial charge in [-0.3, -0.25) is 0 Å². The van der Waals surface area contributed by atoms with Gasteiger partial charge < -0.3 is 0 Å². The van der Waals surface area contributed by atoms with Gasteiger partial charge in [-0.15, -0.1) is 0 Å². The second-order valence-electron chi connectivity index (χ2n) is 7.47. The summed E-state index contributed by atoms with van der Waals surface area (Å²) in [7, 11) is 0. The fraction of sp³-hybridized carbons (Fsp3) is 0.737. The molecule has 0 saturated heterocycles. The third kappa shape index (κ3) is 3.57. The summed E-state index contributed by atoms with van der Waals surface area (Å²) >= 11 is 0. The van der Waals surface area contributed by atoms with Crippen LogP contribution in [0, 0.1) is 30.1 Å². The third-order valence-electron chi connectivity index (χ3n) is 6.09. The molecule has 2 saturated carbocycles. The van der Waals surface area contributed by atoms with Crippen LogP contribution in [0.4, 0.5) is 8.78 Å². The maximum atomic E-state index is 13.4. The number of rotatable bonds is 2. The highest BCUT2D eigenvalue weighted by Crippen LogP contribution is 2.44. The van der Waals surface area contributed by atoms with Crippen molar-refractivity contribution in [3.8, 4) is 0 Å². The molecule has 0 aromatic rings. The molecular formula is C19H27F2. The van der Waals surface area contributed by atoms with Crippen molar-refractivity contribution < 1.29 is 8.78 Å². The summed E-state index contributed by atoms with van der Waals surface area (Å²) in [5.41, 5.74) is 1.12. The molecule has 0 aromatic heterocycles. The first-order valence-corrected chi connectivity index (χ1v) is 8.71. The molecule has 117 valence electrons. The van der Waals surface area contributed by atoms with E-state index in [-0.39, 0.29) is 6.42 Å². The molecule has 2 heteroatoms. The van der Waals surface area contributed by atoms with E-state index in [1.165, 1.54) is 57.8 Å². The second-order valence-corrected chi connectivity index (χ2v) is 7.47. The topological polar surface area (TPSA) is 0 Å². The zero-order chi connectivity index (χ0) is 14.8. The predicted molar refractivity (Wildman–Crippen MR) is 82.8 cm³/mol. The lowest BCUT2D eigenvalue weighted by Gasteiger charge is -2.38. The lowest BCUT2D eigenvalue weighted by Crippen LogP contribution is -2.26. The van der Waals surface area contributed by atoms with E-state index in [0.717, 1.165) is 23.3 Å². The molecule has 0 nitrogen and oxygen atoms in total. The third-order valence-corrected chi connectivity index (χ3v) is 6.09. The number of hydrogen-bond acceptors (Lipinski definition) is 0. The fourth-order valence-electron chi connectivity index (χ4n) is 4.59. The molecular weight excluding hydrogens is 266 g/mol. The lowest BCUT2D eigenvalue weighted by atomic mass is 9.68. The molecule has 0 aromatic carbocycles. The minimum Gasteiger partial charge on any atom is -0.209 e. The summed E-state index contributed by atoms with van der Waals surface area (Å²) in [6.45, 7) is 2.38. The van der Waals surface area contributed by atoms with Gasteiger partial charge in [-0.25, -0.2) is 8.78 Å². The summed E-state index contributed by atoms with van der Waals surface area (Å²) in [6.07, 6.45) is 13.9. The Hall–Kier alpha value is -0.660. The van der Waals surface area contributed by atoms with Crippen molar-refractivity contribution in [3.63, 3.8) is 0 Å². The van der Waals surface area contributed by atoms with Gasteiger partial charge in [-0.1, -0.05) is 31.4 Å². The second kappa shape index (κ2) is 6.62. The van der Waals surface area contributed by atoms with Crippen molar-refractivity contribution in [2.45, 2.75) is 64.7 Å². The largest absolute Gasteiger partial charge is 0.209 e. The number of halogens is 2. The highest BCUT2D eigenvalue weighted by atomic mass is 19.2. The van der Waals surface area contributed by atoms with Crippen LogP contribution in [0.15, 0.2) is 23.3 Å². The molecule has 0 amide bonds. The maximum Gasteiger partial charge on any atom is 0.139 e. The summed E-state index contributed by atoms with van der Waals surface area (Å²) in [4.78, 5) is 0. The molecule has 0 heterocycles. The van der Waals surface area contributed by atoms with Gasteiger partial charge >= 0.3 is 0 Å². The van der Waals surface area contributed by atoms with Crippen molar-refractivity contribution in [3.05, 3.63) is 29.7 Å². The molecule has 3 aliphatic carbocycles. The first-order valence-electron chi connectivity index (χ1n) is 8.71. The Kier molecular flexibility index (Phi) is 4.81. The summed E-state index contributed by atoms with van der Waals surface area (Å²) in [5.74, 6) is 1.98. The summed E-state index contributed by atoms with van der Waals surface area (Å²) in [6, 6.07) is 0. The lowest BCUT2D eigenvalue weighted by molar-refractivity contribution is 0.157. The van der Waals surface area contributed by atoms with Gasteiger partial charge in [0.1, 0.15) is 11.7 Å². The molecule has 2 fully saturated rings. The van der Waals surface area contributed by atoms with E-state index in [1.807, 2.05) is 6.08 Å². The predicted octanol–water partition coefficient (Wildman–Crippen LogP) is 6.30.